The highest BCUT2D eigenvalue weighted by atomic mass is 16.6. The number of carbonyl (C=O) groups is 6. The predicted molar refractivity (Wildman–Crippen MR) is 102 cm³/mol. The summed E-state index contributed by atoms with van der Waals surface area (Å²) in [5.41, 5.74) is -5.52. The van der Waals surface area contributed by atoms with E-state index >= 15 is 0 Å². The van der Waals surface area contributed by atoms with Gasteiger partial charge in [0.25, 0.3) is 0 Å². The summed E-state index contributed by atoms with van der Waals surface area (Å²) in [6.07, 6.45) is -1.46. The van der Waals surface area contributed by atoms with Gasteiger partial charge in [-0.05, 0) is 23.3 Å². The van der Waals surface area contributed by atoms with Crippen LogP contribution in [-0.2, 0) is 19.7 Å². The normalized spacial score (nSPS) is 15.0. The highest BCUT2D eigenvalue weighted by Crippen LogP contribution is 2.46. The van der Waals surface area contributed by atoms with Crippen LogP contribution in [0.3, 0.4) is 0 Å². The Balaban J connectivity index is 2.52. The Kier molecular flexibility index (Phi) is 5.50. The fourth-order valence-corrected chi connectivity index (χ4v) is 4.00. The minimum atomic E-state index is -2.01. The van der Waals surface area contributed by atoms with Gasteiger partial charge in [-0.1, -0.05) is 24.3 Å². The number of cyclic esters (lactones) is 2. The van der Waals surface area contributed by atoms with Crippen LogP contribution in [0, 0.1) is 0 Å². The van der Waals surface area contributed by atoms with E-state index in [2.05, 4.69) is 4.74 Å². The number of hydrogen-bond acceptors (Lipinski definition) is 7. The van der Waals surface area contributed by atoms with Gasteiger partial charge in [0.1, 0.15) is 0 Å². The molecule has 1 aliphatic rings. The van der Waals surface area contributed by atoms with Gasteiger partial charge in [-0.3, -0.25) is 9.59 Å². The maximum Gasteiger partial charge on any atom is 0.336 e. The number of aromatic carboxylic acids is 4. The minimum Gasteiger partial charge on any atom is -0.478 e. The average molecular weight is 442 g/mol. The zero-order valence-electron chi connectivity index (χ0n) is 16.0. The number of carboxylic acid groups (broad SMARTS) is 4. The SMILES string of the molecule is O=C1CC(c2cccc(C(=O)O)c2C(=O)O)(c2cccc(C(=O)O)c2C(=O)O)CC(=O)O1. The number of esters is 2. The lowest BCUT2D eigenvalue weighted by molar-refractivity contribution is -0.165. The molecule has 164 valence electrons. The van der Waals surface area contributed by atoms with Gasteiger partial charge in [-0.2, -0.15) is 0 Å². The molecule has 0 radical (unpaired) electrons. The first-order chi connectivity index (χ1) is 15.0. The average Bonchev–Trinajstić information content (AvgIpc) is 2.71. The van der Waals surface area contributed by atoms with Crippen LogP contribution < -0.4 is 0 Å². The molecule has 0 saturated carbocycles. The summed E-state index contributed by atoms with van der Waals surface area (Å²) in [5.74, 6) is -8.85. The summed E-state index contributed by atoms with van der Waals surface area (Å²) in [4.78, 5) is 71.9. The van der Waals surface area contributed by atoms with E-state index in [-0.39, 0.29) is 11.1 Å². The second-order valence-corrected chi connectivity index (χ2v) is 6.96. The van der Waals surface area contributed by atoms with Crippen molar-refractivity contribution in [1.29, 1.82) is 0 Å². The van der Waals surface area contributed by atoms with Crippen molar-refractivity contribution in [3.05, 3.63) is 69.8 Å². The molecule has 3 rings (SSSR count). The quantitative estimate of drug-likeness (QED) is 0.375. The van der Waals surface area contributed by atoms with Gasteiger partial charge in [-0.25, -0.2) is 19.2 Å². The molecule has 0 spiro atoms. The summed E-state index contributed by atoms with van der Waals surface area (Å²) in [6.45, 7) is 0. The molecule has 0 unspecified atom stereocenters. The number of carboxylic acids is 4. The van der Waals surface area contributed by atoms with Crippen LogP contribution in [0.2, 0.25) is 0 Å². The summed E-state index contributed by atoms with van der Waals surface area (Å²) in [5, 5.41) is 38.5. The van der Waals surface area contributed by atoms with Crippen LogP contribution in [0.15, 0.2) is 36.4 Å². The Morgan fingerprint density at radius 1 is 0.656 bits per heavy atom. The molecule has 0 amide bonds. The molecule has 2 aromatic carbocycles. The third-order valence-electron chi connectivity index (χ3n) is 5.17. The molecule has 11 nitrogen and oxygen atoms in total. The smallest absolute Gasteiger partial charge is 0.336 e. The van der Waals surface area contributed by atoms with Crippen molar-refractivity contribution >= 4 is 35.8 Å². The van der Waals surface area contributed by atoms with E-state index in [1.54, 1.807) is 0 Å². The largest absolute Gasteiger partial charge is 0.478 e. The van der Waals surface area contributed by atoms with Crippen LogP contribution in [0.4, 0.5) is 0 Å². The number of rotatable bonds is 6. The molecule has 1 heterocycles. The lowest BCUT2D eigenvalue weighted by Crippen LogP contribution is -2.42. The Morgan fingerprint density at radius 3 is 1.34 bits per heavy atom. The number of carbonyl (C=O) groups excluding carboxylic acids is 2. The topological polar surface area (TPSA) is 193 Å². The fourth-order valence-electron chi connectivity index (χ4n) is 4.00. The summed E-state index contributed by atoms with van der Waals surface area (Å²) < 4.78 is 4.54. The molecule has 1 fully saturated rings. The first kappa shape index (κ1) is 22.2. The van der Waals surface area contributed by atoms with Crippen molar-refractivity contribution in [1.82, 2.24) is 0 Å². The Morgan fingerprint density at radius 2 is 1.03 bits per heavy atom. The second-order valence-electron chi connectivity index (χ2n) is 6.96. The van der Waals surface area contributed by atoms with Gasteiger partial charge in [0.15, 0.2) is 0 Å². The molecule has 11 heteroatoms. The van der Waals surface area contributed by atoms with Crippen molar-refractivity contribution in [3.63, 3.8) is 0 Å². The van der Waals surface area contributed by atoms with E-state index in [0.717, 1.165) is 24.3 Å². The lowest BCUT2D eigenvalue weighted by atomic mass is 9.65. The first-order valence-corrected chi connectivity index (χ1v) is 8.93. The molecule has 0 bridgehead atoms. The van der Waals surface area contributed by atoms with Crippen LogP contribution in [-0.4, -0.2) is 56.2 Å². The van der Waals surface area contributed by atoms with Crippen molar-refractivity contribution in [3.8, 4) is 0 Å². The van der Waals surface area contributed by atoms with Crippen molar-refractivity contribution in [2.45, 2.75) is 18.3 Å². The molecule has 1 saturated heterocycles. The van der Waals surface area contributed by atoms with Gasteiger partial charge in [-0.15, -0.1) is 0 Å². The molecule has 2 aromatic rings. The Bertz CT molecular complexity index is 1110. The first-order valence-electron chi connectivity index (χ1n) is 8.93. The predicted octanol–water partition coefficient (Wildman–Crippen LogP) is 1.63. The van der Waals surface area contributed by atoms with Crippen molar-refractivity contribution in [2.75, 3.05) is 0 Å². The highest BCUT2D eigenvalue weighted by molar-refractivity contribution is 6.06. The van der Waals surface area contributed by atoms with Crippen LogP contribution in [0.25, 0.3) is 0 Å². The Hall–Kier alpha value is -4.54. The molecule has 32 heavy (non-hydrogen) atoms. The summed E-state index contributed by atoms with van der Waals surface area (Å²) >= 11 is 0. The van der Waals surface area contributed by atoms with Crippen molar-refractivity contribution in [2.24, 2.45) is 0 Å². The maximum absolute atomic E-state index is 12.3. The van der Waals surface area contributed by atoms with E-state index in [1.807, 2.05) is 0 Å². The van der Waals surface area contributed by atoms with Gasteiger partial charge >= 0.3 is 35.8 Å². The molecule has 4 N–H and O–H groups in total. The van der Waals surface area contributed by atoms with Crippen LogP contribution >= 0.6 is 0 Å². The number of hydrogen-bond donors (Lipinski definition) is 4. The molecular formula is C21H14O11. The summed E-state index contributed by atoms with van der Waals surface area (Å²) in [7, 11) is 0. The van der Waals surface area contributed by atoms with Crippen molar-refractivity contribution < 1.29 is 53.9 Å². The highest BCUT2D eigenvalue weighted by Gasteiger charge is 2.49. The molecule has 0 aliphatic carbocycles. The third kappa shape index (κ3) is 3.55. The molecular weight excluding hydrogens is 428 g/mol. The monoisotopic (exact) mass is 442 g/mol. The van der Waals surface area contributed by atoms with Crippen LogP contribution in [0.1, 0.15) is 65.4 Å². The van der Waals surface area contributed by atoms with E-state index in [0.29, 0.717) is 0 Å². The standard InChI is InChI=1S/C21H14O11/c22-13-7-21(8-14(23)32-13,11-5-1-3-9(17(24)25)15(11)19(28)29)12-6-2-4-10(18(26)27)16(12)20(30)31/h1-6H,7-8H2,(H,24,25)(H,26,27)(H,28,29)(H,30,31). The number of ether oxygens (including phenoxy) is 1. The van der Waals surface area contributed by atoms with E-state index in [1.165, 1.54) is 12.1 Å². The van der Waals surface area contributed by atoms with Crippen LogP contribution in [0.5, 0.6) is 0 Å². The number of benzene rings is 2. The fraction of sp³-hybridized carbons (Fsp3) is 0.143. The summed E-state index contributed by atoms with van der Waals surface area (Å²) in [6, 6.07) is 6.66. The molecule has 0 atom stereocenters. The van der Waals surface area contributed by atoms with Gasteiger partial charge in [0.05, 0.1) is 35.1 Å². The van der Waals surface area contributed by atoms with Gasteiger partial charge in [0, 0.05) is 5.41 Å². The molecule has 0 aromatic heterocycles. The maximum atomic E-state index is 12.3. The Labute approximate surface area is 178 Å². The minimum absolute atomic E-state index is 0.333. The van der Waals surface area contributed by atoms with E-state index < -0.39 is 76.3 Å². The van der Waals surface area contributed by atoms with Gasteiger partial charge < -0.3 is 25.2 Å². The zero-order valence-corrected chi connectivity index (χ0v) is 16.0. The second kappa shape index (κ2) is 7.95. The molecule has 1 aliphatic heterocycles. The zero-order chi connectivity index (χ0) is 23.8. The van der Waals surface area contributed by atoms with Gasteiger partial charge in [0.2, 0.25) is 0 Å². The lowest BCUT2D eigenvalue weighted by Gasteiger charge is -2.38. The van der Waals surface area contributed by atoms with E-state index in [4.69, 9.17) is 0 Å². The van der Waals surface area contributed by atoms with E-state index in [9.17, 15) is 49.2 Å². The third-order valence-corrected chi connectivity index (χ3v) is 5.17.